The lowest BCUT2D eigenvalue weighted by Gasteiger charge is -2.35. The molecule has 1 aliphatic rings. The summed E-state index contributed by atoms with van der Waals surface area (Å²) in [4.78, 5) is 12.4. The molecule has 0 unspecified atom stereocenters. The maximum Gasteiger partial charge on any atom is 0.422 e. The number of nitrogens with one attached hydrogen (secondary N) is 1. The van der Waals surface area contributed by atoms with Gasteiger partial charge in [0, 0.05) is 6.42 Å². The van der Waals surface area contributed by atoms with Crippen molar-refractivity contribution in [1.82, 2.24) is 0 Å². The number of nitrogens with two attached hydrogens (primary N) is 1. The van der Waals surface area contributed by atoms with Gasteiger partial charge >= 0.3 is 6.18 Å². The summed E-state index contributed by atoms with van der Waals surface area (Å²) in [5.74, 6) is -0.218. The minimum absolute atomic E-state index is 0.0242. The molecular formula is C18H25F3N2O2. The first-order chi connectivity index (χ1) is 11.7. The Morgan fingerprint density at radius 2 is 1.96 bits per heavy atom. The van der Waals surface area contributed by atoms with Crippen LogP contribution in [0, 0.1) is 12.3 Å². The average molecular weight is 358 g/mol. The van der Waals surface area contributed by atoms with Crippen LogP contribution in [0.2, 0.25) is 0 Å². The van der Waals surface area contributed by atoms with E-state index in [2.05, 4.69) is 5.32 Å². The number of rotatable bonds is 6. The second kappa shape index (κ2) is 8.08. The van der Waals surface area contributed by atoms with Crippen LogP contribution in [0.15, 0.2) is 18.2 Å². The summed E-state index contributed by atoms with van der Waals surface area (Å²) in [5, 5.41) is 2.69. The Balaban J connectivity index is 2.06. The maximum atomic E-state index is 12.4. The summed E-state index contributed by atoms with van der Waals surface area (Å²) in [7, 11) is 0. The van der Waals surface area contributed by atoms with Gasteiger partial charge in [0.2, 0.25) is 5.91 Å². The minimum Gasteiger partial charge on any atom is -0.482 e. The van der Waals surface area contributed by atoms with E-state index in [1.807, 2.05) is 0 Å². The van der Waals surface area contributed by atoms with Crippen molar-refractivity contribution in [2.24, 2.45) is 11.1 Å². The van der Waals surface area contributed by atoms with Crippen LogP contribution in [-0.2, 0) is 4.79 Å². The molecule has 3 N–H and O–H groups in total. The van der Waals surface area contributed by atoms with Crippen LogP contribution in [-0.4, -0.2) is 25.2 Å². The molecule has 25 heavy (non-hydrogen) atoms. The van der Waals surface area contributed by atoms with E-state index < -0.39 is 12.8 Å². The summed E-state index contributed by atoms with van der Waals surface area (Å²) in [5.41, 5.74) is 6.69. The van der Waals surface area contributed by atoms with Crippen molar-refractivity contribution in [1.29, 1.82) is 0 Å². The van der Waals surface area contributed by atoms with E-state index in [1.165, 1.54) is 6.07 Å². The van der Waals surface area contributed by atoms with Gasteiger partial charge in [0.15, 0.2) is 6.61 Å². The fourth-order valence-corrected chi connectivity index (χ4v) is 3.30. The molecule has 1 saturated carbocycles. The van der Waals surface area contributed by atoms with E-state index in [0.717, 1.165) is 37.7 Å². The number of carbonyl (C=O) groups excluding carboxylic acids is 1. The van der Waals surface area contributed by atoms with Crippen LogP contribution in [0.25, 0.3) is 0 Å². The second-order valence-corrected chi connectivity index (χ2v) is 6.89. The summed E-state index contributed by atoms with van der Waals surface area (Å²) >= 11 is 0. The number of carbonyl (C=O) groups is 1. The molecule has 0 heterocycles. The van der Waals surface area contributed by atoms with E-state index in [-0.39, 0.29) is 29.2 Å². The number of alkyl halides is 3. The third-order valence-electron chi connectivity index (χ3n) is 4.69. The third-order valence-corrected chi connectivity index (χ3v) is 4.69. The third kappa shape index (κ3) is 5.92. The van der Waals surface area contributed by atoms with Crippen molar-refractivity contribution < 1.29 is 22.7 Å². The normalized spacial score (nSPS) is 17.2. The van der Waals surface area contributed by atoms with E-state index >= 15 is 0 Å². The first-order valence-corrected chi connectivity index (χ1v) is 8.53. The van der Waals surface area contributed by atoms with Gasteiger partial charge in [-0.15, -0.1) is 0 Å². The average Bonchev–Trinajstić information content (AvgIpc) is 2.55. The standard InChI is InChI=1S/C18H25F3N2O2/c1-13-5-6-14(15(9-13)25-12-18(19,20)21)23-16(24)10-17(11-22)7-3-2-4-8-17/h5-6,9H,2-4,7-8,10-12,22H2,1H3,(H,23,24). The Morgan fingerprint density at radius 3 is 2.56 bits per heavy atom. The van der Waals surface area contributed by atoms with Gasteiger partial charge in [0.25, 0.3) is 0 Å². The van der Waals surface area contributed by atoms with E-state index in [0.29, 0.717) is 6.54 Å². The highest BCUT2D eigenvalue weighted by atomic mass is 19.4. The molecule has 0 atom stereocenters. The van der Waals surface area contributed by atoms with E-state index in [4.69, 9.17) is 10.5 Å². The van der Waals surface area contributed by atoms with Crippen molar-refractivity contribution in [3.63, 3.8) is 0 Å². The molecule has 1 aromatic carbocycles. The molecule has 7 heteroatoms. The number of amides is 1. The highest BCUT2D eigenvalue weighted by molar-refractivity contribution is 5.92. The van der Waals surface area contributed by atoms with Gasteiger partial charge in [0.05, 0.1) is 5.69 Å². The number of aryl methyl sites for hydroxylation is 1. The molecule has 0 aliphatic heterocycles. The molecule has 2 rings (SSSR count). The molecule has 1 aromatic rings. The molecule has 1 aliphatic carbocycles. The Hall–Kier alpha value is -1.76. The number of benzene rings is 1. The maximum absolute atomic E-state index is 12.4. The fraction of sp³-hybridized carbons (Fsp3) is 0.611. The number of hydrogen-bond donors (Lipinski definition) is 2. The lowest BCUT2D eigenvalue weighted by molar-refractivity contribution is -0.153. The molecule has 0 bridgehead atoms. The van der Waals surface area contributed by atoms with Crippen LogP contribution in [0.3, 0.4) is 0 Å². The zero-order chi connectivity index (χ0) is 18.5. The Labute approximate surface area is 145 Å². The van der Waals surface area contributed by atoms with Gasteiger partial charge in [-0.2, -0.15) is 13.2 Å². The highest BCUT2D eigenvalue weighted by Gasteiger charge is 2.33. The van der Waals surface area contributed by atoms with Crippen molar-refractivity contribution >= 4 is 11.6 Å². The van der Waals surface area contributed by atoms with Gasteiger partial charge in [-0.25, -0.2) is 0 Å². The molecule has 1 fully saturated rings. The zero-order valence-corrected chi connectivity index (χ0v) is 14.4. The molecular weight excluding hydrogens is 333 g/mol. The predicted molar refractivity (Wildman–Crippen MR) is 90.5 cm³/mol. The van der Waals surface area contributed by atoms with Gasteiger partial charge in [-0.05, 0) is 49.4 Å². The summed E-state index contributed by atoms with van der Waals surface area (Å²) in [6.45, 7) is 0.787. The quantitative estimate of drug-likeness (QED) is 0.802. The molecule has 0 aromatic heterocycles. The van der Waals surface area contributed by atoms with Crippen molar-refractivity contribution in [3.8, 4) is 5.75 Å². The summed E-state index contributed by atoms with van der Waals surface area (Å²) in [6, 6.07) is 4.77. The number of ether oxygens (including phenoxy) is 1. The van der Waals surface area contributed by atoms with Gasteiger partial charge in [-0.3, -0.25) is 4.79 Å². The van der Waals surface area contributed by atoms with Crippen LogP contribution in [0.1, 0.15) is 44.1 Å². The van der Waals surface area contributed by atoms with Gasteiger partial charge < -0.3 is 15.8 Å². The van der Waals surface area contributed by atoms with Crippen molar-refractivity contribution in [2.45, 2.75) is 51.6 Å². The van der Waals surface area contributed by atoms with Gasteiger partial charge in [-0.1, -0.05) is 25.3 Å². The molecule has 140 valence electrons. The predicted octanol–water partition coefficient (Wildman–Crippen LogP) is 4.17. The minimum atomic E-state index is -4.43. The summed E-state index contributed by atoms with van der Waals surface area (Å²) < 4.78 is 42.1. The lowest BCUT2D eigenvalue weighted by atomic mass is 9.71. The summed E-state index contributed by atoms with van der Waals surface area (Å²) in [6.07, 6.45) is 0.901. The molecule has 0 spiro atoms. The second-order valence-electron chi connectivity index (χ2n) is 6.89. The number of anilines is 1. The lowest BCUT2D eigenvalue weighted by Crippen LogP contribution is -2.36. The van der Waals surface area contributed by atoms with Crippen molar-refractivity contribution in [3.05, 3.63) is 23.8 Å². The fourth-order valence-electron chi connectivity index (χ4n) is 3.30. The molecule has 0 radical (unpaired) electrons. The first-order valence-electron chi connectivity index (χ1n) is 8.53. The first kappa shape index (κ1) is 19.6. The molecule has 0 saturated heterocycles. The smallest absolute Gasteiger partial charge is 0.422 e. The Kier molecular flexibility index (Phi) is 6.32. The molecule has 1 amide bonds. The highest BCUT2D eigenvalue weighted by Crippen LogP contribution is 2.39. The number of hydrogen-bond acceptors (Lipinski definition) is 3. The zero-order valence-electron chi connectivity index (χ0n) is 14.4. The van der Waals surface area contributed by atoms with Crippen molar-refractivity contribution in [2.75, 3.05) is 18.5 Å². The Bertz CT molecular complexity index is 596. The van der Waals surface area contributed by atoms with Crippen LogP contribution >= 0.6 is 0 Å². The monoisotopic (exact) mass is 358 g/mol. The van der Waals surface area contributed by atoms with Crippen LogP contribution in [0.4, 0.5) is 18.9 Å². The van der Waals surface area contributed by atoms with Crippen LogP contribution < -0.4 is 15.8 Å². The van der Waals surface area contributed by atoms with E-state index in [1.54, 1.807) is 19.1 Å². The van der Waals surface area contributed by atoms with Gasteiger partial charge in [0.1, 0.15) is 5.75 Å². The van der Waals surface area contributed by atoms with Crippen LogP contribution in [0.5, 0.6) is 5.75 Å². The number of halogens is 3. The molecule has 4 nitrogen and oxygen atoms in total. The Morgan fingerprint density at radius 1 is 1.28 bits per heavy atom. The largest absolute Gasteiger partial charge is 0.482 e. The topological polar surface area (TPSA) is 64.4 Å². The van der Waals surface area contributed by atoms with E-state index in [9.17, 15) is 18.0 Å². The SMILES string of the molecule is Cc1ccc(NC(=O)CC2(CN)CCCCC2)c(OCC(F)(F)F)c1.